The molecule has 0 aliphatic carbocycles. The minimum atomic E-state index is -3.13. The molecule has 4 nitrogen and oxygen atoms in total. The number of furan rings is 1. The molecule has 4 aromatic heterocycles. The van der Waals surface area contributed by atoms with Gasteiger partial charge in [0.25, 0.3) is 0 Å². The van der Waals surface area contributed by atoms with Crippen LogP contribution >= 0.6 is 0 Å². The minimum Gasteiger partial charge on any atom is -0.501 e. The molecule has 0 radical (unpaired) electrons. The summed E-state index contributed by atoms with van der Waals surface area (Å²) in [6.07, 6.45) is -14.7. The standard InChI is InChI=1S/C51H37FN3O.Ir/c52-43-23-27-50-46(31-43)44-12-7-13-45(51(44)56-50)49-26-22-37(34-55-49)16-19-40-29-38(17-14-35-20-24-47(53-32-35)41-8-3-1-4-9-41)28-39(30-40)18-15-36-21-25-48(54-33-36)42-10-5-2-6-11-42;/h1-8,10,12,20-34H,14-19H2;/q-3;+3/i14D2,15D2,16D2,17D2,18D2,19D2;. The Balaban J connectivity index is 0.00000642. The maximum atomic E-state index is 14.2. The monoisotopic (exact) mass is 931 g/mol. The molecule has 0 bridgehead atoms. The summed E-state index contributed by atoms with van der Waals surface area (Å²) >= 11 is 0. The Morgan fingerprint density at radius 1 is 0.491 bits per heavy atom. The van der Waals surface area contributed by atoms with Crippen LogP contribution in [0.25, 0.3) is 55.7 Å². The molecule has 0 aliphatic rings. The Morgan fingerprint density at radius 2 is 1.00 bits per heavy atom. The molecule has 9 rings (SSSR count). The second-order valence-electron chi connectivity index (χ2n) is 12.7. The predicted molar refractivity (Wildman–Crippen MR) is 221 cm³/mol. The smallest absolute Gasteiger partial charge is 0.501 e. The van der Waals surface area contributed by atoms with Gasteiger partial charge in [-0.2, -0.15) is 0 Å². The van der Waals surface area contributed by atoms with E-state index in [1.54, 1.807) is 60.7 Å². The van der Waals surface area contributed by atoms with Crippen LogP contribution in [0.5, 0.6) is 0 Å². The molecule has 0 amide bonds. The third-order valence-electron chi connectivity index (χ3n) is 8.90. The van der Waals surface area contributed by atoms with Crippen LogP contribution in [0.2, 0.25) is 0 Å². The van der Waals surface area contributed by atoms with E-state index < -0.39 is 60.7 Å². The van der Waals surface area contributed by atoms with Gasteiger partial charge in [-0.3, -0.25) is 0 Å². The first-order chi connectivity index (χ1) is 32.1. The molecule has 0 N–H and O–H groups in total. The van der Waals surface area contributed by atoms with Gasteiger partial charge in [0.1, 0.15) is 11.4 Å². The third-order valence-corrected chi connectivity index (χ3v) is 8.90. The minimum absolute atomic E-state index is 0. The number of aryl methyl sites for hydroxylation is 6. The molecule has 5 aromatic carbocycles. The molecule has 0 aliphatic heterocycles. The molecule has 0 unspecified atom stereocenters. The summed E-state index contributed by atoms with van der Waals surface area (Å²) in [6, 6.07) is 41.9. The van der Waals surface area contributed by atoms with Crippen LogP contribution in [0.3, 0.4) is 0 Å². The molecule has 278 valence electrons. The van der Waals surface area contributed by atoms with Gasteiger partial charge in [0.2, 0.25) is 0 Å². The number of hydrogen-bond donors (Lipinski definition) is 0. The molecule has 0 saturated heterocycles. The van der Waals surface area contributed by atoms with Crippen molar-refractivity contribution in [2.24, 2.45) is 0 Å². The molecular weight excluding hydrogens is 882 g/mol. The number of benzene rings is 5. The number of nitrogens with zero attached hydrogens (tertiary/aromatic N) is 3. The second kappa shape index (κ2) is 17.4. The summed E-state index contributed by atoms with van der Waals surface area (Å²) < 4.78 is 132. The number of aromatic nitrogens is 3. The average Bonchev–Trinajstić information content (AvgIpc) is 3.72. The summed E-state index contributed by atoms with van der Waals surface area (Å²) in [4.78, 5) is 13.2. The summed E-state index contributed by atoms with van der Waals surface area (Å²) in [7, 11) is 0. The molecule has 0 spiro atoms. The van der Waals surface area contributed by atoms with Crippen molar-refractivity contribution in [3.63, 3.8) is 0 Å². The molecule has 57 heavy (non-hydrogen) atoms. The SMILES string of the molecule is [2H]C([2H])(c1ccc(-c2[c-]cccc2)nc1)C([2H])([2H])c1cc(C([2H])([2H])C([2H])([2H])c2ccc(-c3[c-]cccc3)nc2)cc(C([2H])([2H])C([2H])([2H])c2ccc(-c3[c-]ccc4c3oc3ccc(F)cc34)nc2)c1.[Ir+3]. The van der Waals surface area contributed by atoms with Gasteiger partial charge in [-0.25, -0.2) is 4.39 Å². The molecule has 4 heterocycles. The van der Waals surface area contributed by atoms with Crippen LogP contribution in [0.15, 0.2) is 156 Å². The van der Waals surface area contributed by atoms with Crippen molar-refractivity contribution in [3.8, 4) is 33.8 Å². The first kappa shape index (κ1) is 26.0. The predicted octanol–water partition coefficient (Wildman–Crippen LogP) is 11.7. The summed E-state index contributed by atoms with van der Waals surface area (Å²) in [5.74, 6) is -0.453. The fourth-order valence-electron chi connectivity index (χ4n) is 6.16. The van der Waals surface area contributed by atoms with E-state index in [2.05, 4.69) is 33.2 Å². The first-order valence-corrected chi connectivity index (χ1v) is 17.7. The van der Waals surface area contributed by atoms with Gasteiger partial charge in [0, 0.05) is 40.4 Å². The van der Waals surface area contributed by atoms with Crippen LogP contribution in [-0.2, 0) is 58.3 Å². The third kappa shape index (κ3) is 8.84. The zero-order valence-corrected chi connectivity index (χ0v) is 32.3. The van der Waals surface area contributed by atoms with Crippen LogP contribution in [0, 0.1) is 24.0 Å². The zero-order valence-electron chi connectivity index (χ0n) is 41.9. The normalized spacial score (nSPS) is 15.8. The maximum Gasteiger partial charge on any atom is 3.00 e. The fraction of sp³-hybridized carbons (Fsp3) is 0.118. The first-order valence-electron chi connectivity index (χ1n) is 23.7. The van der Waals surface area contributed by atoms with Crippen molar-refractivity contribution in [1.29, 1.82) is 0 Å². The van der Waals surface area contributed by atoms with Crippen molar-refractivity contribution in [3.05, 3.63) is 209 Å². The van der Waals surface area contributed by atoms with E-state index in [0.29, 0.717) is 50.0 Å². The quantitative estimate of drug-likeness (QED) is 0.115. The van der Waals surface area contributed by atoms with Gasteiger partial charge in [-0.05, 0) is 107 Å². The van der Waals surface area contributed by atoms with E-state index in [1.807, 2.05) is 0 Å². The van der Waals surface area contributed by atoms with Gasteiger partial charge in [0.05, 0.1) is 5.58 Å². The Bertz CT molecular complexity index is 3180. The number of hydrogen-bond acceptors (Lipinski definition) is 4. The van der Waals surface area contributed by atoms with Crippen molar-refractivity contribution in [1.82, 2.24) is 15.0 Å². The Morgan fingerprint density at radius 3 is 1.47 bits per heavy atom. The molecular formula is C51H37FIrN3O. The fourth-order valence-corrected chi connectivity index (χ4v) is 6.16. The van der Waals surface area contributed by atoms with Gasteiger partial charge < -0.3 is 19.4 Å². The van der Waals surface area contributed by atoms with Crippen LogP contribution in [0.1, 0.15) is 49.8 Å². The van der Waals surface area contributed by atoms with Crippen molar-refractivity contribution in [2.45, 2.75) is 38.2 Å². The van der Waals surface area contributed by atoms with Gasteiger partial charge in [-0.1, -0.05) is 65.5 Å². The Hall–Kier alpha value is -6.07. The summed E-state index contributed by atoms with van der Waals surface area (Å²) in [5.41, 5.74) is 1.06. The molecule has 9 aromatic rings. The molecule has 0 saturated carbocycles. The van der Waals surface area contributed by atoms with E-state index in [0.717, 1.165) is 24.4 Å². The van der Waals surface area contributed by atoms with Crippen molar-refractivity contribution in [2.75, 3.05) is 0 Å². The molecule has 6 heteroatoms. The van der Waals surface area contributed by atoms with E-state index in [1.165, 1.54) is 67.0 Å². The van der Waals surface area contributed by atoms with Gasteiger partial charge >= 0.3 is 20.1 Å². The number of fused-ring (bicyclic) bond motifs is 3. The topological polar surface area (TPSA) is 51.8 Å². The Kier molecular flexibility index (Phi) is 7.92. The van der Waals surface area contributed by atoms with E-state index in [4.69, 9.17) is 4.42 Å². The number of pyridine rings is 3. The summed E-state index contributed by atoms with van der Waals surface area (Å²) in [5, 5.41) is 1.12. The molecule has 0 fully saturated rings. The van der Waals surface area contributed by atoms with Crippen molar-refractivity contribution >= 4 is 21.9 Å². The van der Waals surface area contributed by atoms with Gasteiger partial charge in [0.15, 0.2) is 0 Å². The van der Waals surface area contributed by atoms with Crippen LogP contribution in [0.4, 0.5) is 4.39 Å². The van der Waals surface area contributed by atoms with E-state index >= 15 is 0 Å². The second-order valence-corrected chi connectivity index (χ2v) is 12.7. The Labute approximate surface area is 362 Å². The molecule has 0 atom stereocenters. The summed E-state index contributed by atoms with van der Waals surface area (Å²) in [6.45, 7) is 0. The van der Waals surface area contributed by atoms with E-state index in [9.17, 15) is 20.8 Å². The van der Waals surface area contributed by atoms with E-state index in [-0.39, 0.29) is 42.5 Å². The van der Waals surface area contributed by atoms with Crippen LogP contribution < -0.4 is 0 Å². The largest absolute Gasteiger partial charge is 3.00 e. The maximum absolute atomic E-state index is 14.2. The van der Waals surface area contributed by atoms with Crippen LogP contribution in [-0.4, -0.2) is 15.0 Å². The van der Waals surface area contributed by atoms with Gasteiger partial charge in [-0.15, -0.1) is 90.0 Å². The number of halogens is 1. The number of rotatable bonds is 12. The van der Waals surface area contributed by atoms with Crippen molar-refractivity contribution < 1.29 is 45.4 Å². The average molecular weight is 931 g/mol. The zero-order chi connectivity index (χ0) is 48.4.